The average Bonchev–Trinajstić information content (AvgIpc) is 1.82. The highest BCUT2D eigenvalue weighted by Gasteiger charge is 1.91. The molecular formula is C9H15N. The molecule has 10 heavy (non-hydrogen) atoms. The minimum Gasteiger partial charge on any atom is -0.382 e. The summed E-state index contributed by atoms with van der Waals surface area (Å²) in [6.45, 7) is 15.9. The standard InChI is InChI=1S/C9H15N/c1-7(2)6-10-9(5)8(3)4/h10H,1,3,5-6H2,2,4H3. The molecule has 0 aliphatic carbocycles. The Kier molecular flexibility index (Phi) is 3.55. The van der Waals surface area contributed by atoms with Gasteiger partial charge >= 0.3 is 0 Å². The number of rotatable bonds is 4. The van der Waals surface area contributed by atoms with Gasteiger partial charge in [-0.2, -0.15) is 0 Å². The summed E-state index contributed by atoms with van der Waals surface area (Å²) in [5.74, 6) is 0. The molecule has 0 radical (unpaired) electrons. The Morgan fingerprint density at radius 3 is 2.00 bits per heavy atom. The van der Waals surface area contributed by atoms with Gasteiger partial charge in [-0.15, -0.1) is 0 Å². The maximum absolute atomic E-state index is 3.77. The largest absolute Gasteiger partial charge is 0.382 e. The monoisotopic (exact) mass is 137 g/mol. The van der Waals surface area contributed by atoms with Gasteiger partial charge in [0.05, 0.1) is 0 Å². The molecule has 0 unspecified atom stereocenters. The third-order valence-electron chi connectivity index (χ3n) is 1.12. The molecule has 1 heteroatoms. The first-order valence-corrected chi connectivity index (χ1v) is 3.27. The van der Waals surface area contributed by atoms with Crippen LogP contribution in [0.15, 0.2) is 36.6 Å². The minimum absolute atomic E-state index is 0.783. The molecule has 0 aromatic heterocycles. The fraction of sp³-hybridized carbons (Fsp3) is 0.333. The predicted molar refractivity (Wildman–Crippen MR) is 46.8 cm³/mol. The van der Waals surface area contributed by atoms with Crippen LogP contribution in [0.3, 0.4) is 0 Å². The number of nitrogens with one attached hydrogen (secondary N) is 1. The van der Waals surface area contributed by atoms with Crippen molar-refractivity contribution in [3.63, 3.8) is 0 Å². The van der Waals surface area contributed by atoms with E-state index in [1.807, 2.05) is 13.8 Å². The first-order valence-electron chi connectivity index (χ1n) is 3.27. The fourth-order valence-electron chi connectivity index (χ4n) is 0.408. The van der Waals surface area contributed by atoms with Crippen LogP contribution < -0.4 is 5.32 Å². The van der Waals surface area contributed by atoms with E-state index >= 15 is 0 Å². The first-order chi connectivity index (χ1) is 4.54. The van der Waals surface area contributed by atoms with Crippen LogP contribution in [-0.2, 0) is 0 Å². The van der Waals surface area contributed by atoms with Crippen LogP contribution in [0.2, 0.25) is 0 Å². The van der Waals surface area contributed by atoms with Crippen molar-refractivity contribution in [1.82, 2.24) is 5.32 Å². The lowest BCUT2D eigenvalue weighted by Crippen LogP contribution is -2.14. The van der Waals surface area contributed by atoms with Crippen LogP contribution in [0.4, 0.5) is 0 Å². The summed E-state index contributed by atoms with van der Waals surface area (Å²) in [7, 11) is 0. The highest BCUT2D eigenvalue weighted by atomic mass is 14.9. The van der Waals surface area contributed by atoms with Crippen molar-refractivity contribution >= 4 is 0 Å². The van der Waals surface area contributed by atoms with Crippen molar-refractivity contribution in [2.75, 3.05) is 6.54 Å². The Morgan fingerprint density at radius 2 is 1.70 bits per heavy atom. The molecular weight excluding hydrogens is 122 g/mol. The smallest absolute Gasteiger partial charge is 0.0354 e. The zero-order valence-corrected chi connectivity index (χ0v) is 6.83. The number of hydrogen-bond donors (Lipinski definition) is 1. The van der Waals surface area contributed by atoms with Crippen molar-refractivity contribution in [3.8, 4) is 0 Å². The Balaban J connectivity index is 3.60. The quantitative estimate of drug-likeness (QED) is 0.463. The van der Waals surface area contributed by atoms with Crippen LogP contribution >= 0.6 is 0 Å². The summed E-state index contributed by atoms with van der Waals surface area (Å²) >= 11 is 0. The molecule has 0 aromatic rings. The molecule has 0 heterocycles. The summed E-state index contributed by atoms with van der Waals surface area (Å²) in [6, 6.07) is 0. The Hall–Kier alpha value is -0.980. The molecule has 0 fully saturated rings. The molecule has 1 N–H and O–H groups in total. The zero-order chi connectivity index (χ0) is 8.15. The SMILES string of the molecule is C=C(C)CNC(=C)C(=C)C. The summed E-state index contributed by atoms with van der Waals surface area (Å²) in [4.78, 5) is 0. The third-order valence-corrected chi connectivity index (χ3v) is 1.12. The van der Waals surface area contributed by atoms with Gasteiger partial charge in [-0.05, 0) is 19.4 Å². The van der Waals surface area contributed by atoms with Crippen molar-refractivity contribution in [3.05, 3.63) is 36.6 Å². The second-order valence-electron chi connectivity index (χ2n) is 2.57. The van der Waals surface area contributed by atoms with Crippen molar-refractivity contribution < 1.29 is 0 Å². The molecule has 1 nitrogen and oxygen atoms in total. The lowest BCUT2D eigenvalue weighted by molar-refractivity contribution is 0.886. The van der Waals surface area contributed by atoms with Crippen LogP contribution in [0.1, 0.15) is 13.8 Å². The molecule has 0 aliphatic heterocycles. The lowest BCUT2D eigenvalue weighted by Gasteiger charge is -2.07. The van der Waals surface area contributed by atoms with Crippen LogP contribution in [-0.4, -0.2) is 6.54 Å². The van der Waals surface area contributed by atoms with E-state index in [9.17, 15) is 0 Å². The van der Waals surface area contributed by atoms with Gasteiger partial charge in [-0.1, -0.05) is 25.3 Å². The van der Waals surface area contributed by atoms with Gasteiger partial charge in [0.2, 0.25) is 0 Å². The maximum Gasteiger partial charge on any atom is 0.0354 e. The summed E-state index contributed by atoms with van der Waals surface area (Å²) in [6.07, 6.45) is 0. The Bertz CT molecular complexity index is 166. The first kappa shape index (κ1) is 9.02. The molecule has 0 saturated heterocycles. The molecule has 56 valence electrons. The third kappa shape index (κ3) is 3.96. The van der Waals surface area contributed by atoms with Crippen molar-refractivity contribution in [1.29, 1.82) is 0 Å². The highest BCUT2D eigenvalue weighted by Crippen LogP contribution is 1.98. The molecule has 0 aromatic carbocycles. The van der Waals surface area contributed by atoms with Gasteiger partial charge in [0.25, 0.3) is 0 Å². The molecule has 0 spiro atoms. The minimum atomic E-state index is 0.783. The van der Waals surface area contributed by atoms with E-state index in [2.05, 4.69) is 25.1 Å². The fourth-order valence-corrected chi connectivity index (χ4v) is 0.408. The average molecular weight is 137 g/mol. The van der Waals surface area contributed by atoms with Gasteiger partial charge in [0, 0.05) is 12.2 Å². The molecule has 0 saturated carbocycles. The van der Waals surface area contributed by atoms with E-state index in [1.165, 1.54) is 0 Å². The van der Waals surface area contributed by atoms with E-state index in [4.69, 9.17) is 0 Å². The number of hydrogen-bond acceptors (Lipinski definition) is 1. The molecule has 0 amide bonds. The molecule has 0 aliphatic rings. The van der Waals surface area contributed by atoms with E-state index in [1.54, 1.807) is 0 Å². The summed E-state index contributed by atoms with van der Waals surface area (Å²) < 4.78 is 0. The van der Waals surface area contributed by atoms with Crippen LogP contribution in [0.25, 0.3) is 0 Å². The van der Waals surface area contributed by atoms with Crippen LogP contribution in [0, 0.1) is 0 Å². The van der Waals surface area contributed by atoms with E-state index in [0.29, 0.717) is 0 Å². The van der Waals surface area contributed by atoms with Gasteiger partial charge in [-0.25, -0.2) is 0 Å². The normalized spacial score (nSPS) is 8.60. The number of allylic oxidation sites excluding steroid dienone is 1. The van der Waals surface area contributed by atoms with Crippen molar-refractivity contribution in [2.45, 2.75) is 13.8 Å². The Labute approximate surface area is 63.1 Å². The Morgan fingerprint density at radius 1 is 1.20 bits per heavy atom. The molecule has 0 atom stereocenters. The highest BCUT2D eigenvalue weighted by molar-refractivity contribution is 5.21. The van der Waals surface area contributed by atoms with E-state index < -0.39 is 0 Å². The van der Waals surface area contributed by atoms with Gasteiger partial charge in [-0.3, -0.25) is 0 Å². The van der Waals surface area contributed by atoms with Gasteiger partial charge in [0.15, 0.2) is 0 Å². The second kappa shape index (κ2) is 3.94. The predicted octanol–water partition coefficient (Wildman–Crippen LogP) is 2.24. The summed E-state index contributed by atoms with van der Waals surface area (Å²) in [5.41, 5.74) is 2.96. The topological polar surface area (TPSA) is 12.0 Å². The zero-order valence-electron chi connectivity index (χ0n) is 6.83. The van der Waals surface area contributed by atoms with Crippen LogP contribution in [0.5, 0.6) is 0 Å². The van der Waals surface area contributed by atoms with Crippen molar-refractivity contribution in [2.24, 2.45) is 0 Å². The van der Waals surface area contributed by atoms with E-state index in [0.717, 1.165) is 23.4 Å². The van der Waals surface area contributed by atoms with Gasteiger partial charge in [0.1, 0.15) is 0 Å². The lowest BCUT2D eigenvalue weighted by atomic mass is 10.2. The van der Waals surface area contributed by atoms with E-state index in [-0.39, 0.29) is 0 Å². The maximum atomic E-state index is 3.77. The molecule has 0 rings (SSSR count). The summed E-state index contributed by atoms with van der Waals surface area (Å²) in [5, 5.41) is 3.09. The van der Waals surface area contributed by atoms with Gasteiger partial charge < -0.3 is 5.32 Å². The molecule has 0 bridgehead atoms. The second-order valence-corrected chi connectivity index (χ2v) is 2.57.